The van der Waals surface area contributed by atoms with Crippen molar-refractivity contribution in [1.82, 2.24) is 9.55 Å². The summed E-state index contributed by atoms with van der Waals surface area (Å²) in [6.45, 7) is 0. The van der Waals surface area contributed by atoms with E-state index in [4.69, 9.17) is 21.0 Å². The number of fused-ring (bicyclic) bond motifs is 3. The Balaban J connectivity index is 1.35. The molecule has 0 saturated carbocycles. The number of hydrogen-bond donors (Lipinski definition) is 0. The Morgan fingerprint density at radius 2 is 1.65 bits per heavy atom. The molecule has 0 spiro atoms. The number of thioether (sulfide) groups is 1. The van der Waals surface area contributed by atoms with Crippen molar-refractivity contribution in [2.75, 3.05) is 5.75 Å². The highest BCUT2D eigenvalue weighted by molar-refractivity contribution is 7.99. The van der Waals surface area contributed by atoms with Crippen LogP contribution in [0.15, 0.2) is 118 Å². The van der Waals surface area contributed by atoms with Crippen molar-refractivity contribution in [3.05, 3.63) is 124 Å². The van der Waals surface area contributed by atoms with Gasteiger partial charge in [-0.15, -0.1) is 0 Å². The third-order valence-electron chi connectivity index (χ3n) is 6.12. The van der Waals surface area contributed by atoms with Gasteiger partial charge in [0.1, 0.15) is 11.1 Å². The van der Waals surface area contributed by atoms with Gasteiger partial charge in [-0.1, -0.05) is 84.0 Å². The first-order chi connectivity index (χ1) is 18.1. The van der Waals surface area contributed by atoms with E-state index in [0.29, 0.717) is 15.8 Å². The van der Waals surface area contributed by atoms with Crippen molar-refractivity contribution < 1.29 is 9.21 Å². The molecule has 2 aromatic heterocycles. The van der Waals surface area contributed by atoms with E-state index in [1.165, 1.54) is 11.8 Å². The highest BCUT2D eigenvalue weighted by atomic mass is 35.5. The van der Waals surface area contributed by atoms with Gasteiger partial charge in [-0.3, -0.25) is 9.36 Å². The van der Waals surface area contributed by atoms with E-state index in [1.807, 2.05) is 95.7 Å². The number of halogens is 1. The summed E-state index contributed by atoms with van der Waals surface area (Å²) in [5.41, 5.74) is 2.46. The number of carbonyl (C=O) groups is 1. The van der Waals surface area contributed by atoms with Crippen LogP contribution in [0.25, 0.3) is 38.7 Å². The summed E-state index contributed by atoms with van der Waals surface area (Å²) < 4.78 is 7.44. The lowest BCUT2D eigenvalue weighted by Crippen LogP contribution is -2.16. The molecule has 0 N–H and O–H groups in total. The van der Waals surface area contributed by atoms with Gasteiger partial charge in [-0.25, -0.2) is 9.78 Å². The number of ketones is 1. The molecule has 6 aromatic rings. The molecule has 0 aliphatic heterocycles. The third kappa shape index (κ3) is 4.57. The predicted molar refractivity (Wildman–Crippen MR) is 149 cm³/mol. The van der Waals surface area contributed by atoms with E-state index >= 15 is 0 Å². The van der Waals surface area contributed by atoms with Crippen molar-refractivity contribution in [1.29, 1.82) is 0 Å². The zero-order valence-electron chi connectivity index (χ0n) is 19.4. The molecule has 2 heterocycles. The molecular weight excluding hydrogens is 504 g/mol. The smallest absolute Gasteiger partial charge is 0.347 e. The molecule has 37 heavy (non-hydrogen) atoms. The van der Waals surface area contributed by atoms with Crippen LogP contribution < -0.4 is 5.63 Å². The molecular formula is C30H19ClN2O3S. The van der Waals surface area contributed by atoms with Crippen LogP contribution in [0.5, 0.6) is 0 Å². The van der Waals surface area contributed by atoms with Crippen LogP contribution in [0.1, 0.15) is 10.4 Å². The molecule has 7 heteroatoms. The number of nitrogens with zero attached hydrogens (tertiary/aromatic N) is 2. The minimum absolute atomic E-state index is 0.0276. The summed E-state index contributed by atoms with van der Waals surface area (Å²) in [4.78, 5) is 30.8. The molecule has 0 radical (unpaired) electrons. The maximum Gasteiger partial charge on any atom is 0.347 e. The summed E-state index contributed by atoms with van der Waals surface area (Å²) in [7, 11) is 0. The van der Waals surface area contributed by atoms with Gasteiger partial charge < -0.3 is 4.42 Å². The molecule has 0 aliphatic rings. The van der Waals surface area contributed by atoms with E-state index in [9.17, 15) is 9.59 Å². The van der Waals surface area contributed by atoms with Crippen molar-refractivity contribution in [2.45, 2.75) is 5.16 Å². The minimum Gasteiger partial charge on any atom is -0.422 e. The predicted octanol–water partition coefficient (Wildman–Crippen LogP) is 7.43. The summed E-state index contributed by atoms with van der Waals surface area (Å²) in [5.74, 6) is -0.291. The van der Waals surface area contributed by atoms with Crippen LogP contribution in [0, 0.1) is 0 Å². The van der Waals surface area contributed by atoms with Crippen molar-refractivity contribution in [3.8, 4) is 16.9 Å². The van der Waals surface area contributed by atoms with Gasteiger partial charge in [0, 0.05) is 27.9 Å². The van der Waals surface area contributed by atoms with Crippen molar-refractivity contribution >= 4 is 50.9 Å². The Morgan fingerprint density at radius 1 is 0.892 bits per heavy atom. The molecule has 0 fully saturated rings. The fraction of sp³-hybridized carbons (Fsp3) is 0.0333. The second kappa shape index (κ2) is 9.73. The average Bonchev–Trinajstić information content (AvgIpc) is 3.36. The summed E-state index contributed by atoms with van der Waals surface area (Å²) in [6, 6.07) is 30.4. The van der Waals surface area contributed by atoms with Gasteiger partial charge in [-0.2, -0.15) is 0 Å². The molecule has 180 valence electrons. The first-order valence-corrected chi connectivity index (χ1v) is 13.0. The number of rotatable bonds is 6. The normalized spacial score (nSPS) is 11.3. The van der Waals surface area contributed by atoms with Crippen LogP contribution >= 0.6 is 23.4 Å². The molecule has 6 rings (SSSR count). The van der Waals surface area contributed by atoms with Crippen molar-refractivity contribution in [3.63, 3.8) is 0 Å². The van der Waals surface area contributed by atoms with Gasteiger partial charge in [0.15, 0.2) is 10.9 Å². The fourth-order valence-corrected chi connectivity index (χ4v) is 5.28. The van der Waals surface area contributed by atoms with Crippen LogP contribution in [0.2, 0.25) is 5.02 Å². The quantitative estimate of drug-likeness (QED) is 0.0984. The lowest BCUT2D eigenvalue weighted by molar-refractivity contribution is 0.101. The van der Waals surface area contributed by atoms with E-state index in [1.54, 1.807) is 12.1 Å². The molecule has 0 unspecified atom stereocenters. The zero-order chi connectivity index (χ0) is 25.4. The van der Waals surface area contributed by atoms with Crippen LogP contribution in [-0.4, -0.2) is 21.1 Å². The number of benzene rings is 4. The first-order valence-electron chi connectivity index (χ1n) is 11.6. The molecule has 0 saturated heterocycles. The number of hydrogen-bond acceptors (Lipinski definition) is 5. The Kier molecular flexibility index (Phi) is 6.12. The molecule has 0 aliphatic carbocycles. The standard InChI is InChI=1S/C30H19ClN2O3S/c31-21-11-13-22(14-12-21)33-17-26(20-7-2-1-3-8-20)32-30(33)37-18-27(34)25-16-24-23-9-5-4-6-19(23)10-15-28(24)36-29(25)35/h1-17H,18H2. The lowest BCUT2D eigenvalue weighted by Gasteiger charge is -2.08. The van der Waals surface area contributed by atoms with Gasteiger partial charge in [0.05, 0.1) is 11.4 Å². The molecule has 5 nitrogen and oxygen atoms in total. The third-order valence-corrected chi connectivity index (χ3v) is 7.33. The monoisotopic (exact) mass is 522 g/mol. The minimum atomic E-state index is -0.639. The highest BCUT2D eigenvalue weighted by Crippen LogP contribution is 2.29. The Hall–Kier alpha value is -4.13. The van der Waals surface area contributed by atoms with E-state index in [0.717, 1.165) is 33.1 Å². The van der Waals surface area contributed by atoms with Crippen LogP contribution in [0.4, 0.5) is 0 Å². The maximum absolute atomic E-state index is 13.3. The maximum atomic E-state index is 13.3. The number of Topliss-reactive ketones (excluding diaryl/α,β-unsaturated/α-hetero) is 1. The average molecular weight is 523 g/mol. The van der Waals surface area contributed by atoms with E-state index in [2.05, 4.69) is 0 Å². The Morgan fingerprint density at radius 3 is 2.46 bits per heavy atom. The summed E-state index contributed by atoms with van der Waals surface area (Å²) in [6.07, 6.45) is 1.93. The lowest BCUT2D eigenvalue weighted by atomic mass is 10.0. The molecule has 0 atom stereocenters. The van der Waals surface area contributed by atoms with E-state index < -0.39 is 5.63 Å². The Labute approximate surface area is 221 Å². The number of carbonyl (C=O) groups excluding carboxylic acids is 1. The highest BCUT2D eigenvalue weighted by Gasteiger charge is 2.18. The number of aromatic nitrogens is 2. The van der Waals surface area contributed by atoms with Gasteiger partial charge in [0.2, 0.25) is 0 Å². The van der Waals surface area contributed by atoms with E-state index in [-0.39, 0.29) is 17.1 Å². The second-order valence-corrected chi connectivity index (χ2v) is 9.86. The van der Waals surface area contributed by atoms with Gasteiger partial charge in [0.25, 0.3) is 0 Å². The van der Waals surface area contributed by atoms with Gasteiger partial charge >= 0.3 is 5.63 Å². The Bertz CT molecular complexity index is 1830. The summed E-state index contributed by atoms with van der Waals surface area (Å²) >= 11 is 7.36. The summed E-state index contributed by atoms with van der Waals surface area (Å²) in [5, 5.41) is 3.93. The van der Waals surface area contributed by atoms with Crippen LogP contribution in [-0.2, 0) is 0 Å². The largest absolute Gasteiger partial charge is 0.422 e. The van der Waals surface area contributed by atoms with Gasteiger partial charge in [-0.05, 0) is 47.2 Å². The van der Waals surface area contributed by atoms with Crippen molar-refractivity contribution in [2.24, 2.45) is 0 Å². The first kappa shape index (κ1) is 23.3. The second-order valence-electron chi connectivity index (χ2n) is 8.48. The SMILES string of the molecule is O=C(CSc1nc(-c2ccccc2)cn1-c1ccc(Cl)cc1)c1cc2c(ccc3ccccc32)oc1=O. The zero-order valence-corrected chi connectivity index (χ0v) is 21.0. The fourth-order valence-electron chi connectivity index (χ4n) is 4.27. The number of imidazole rings is 1. The van der Waals surface area contributed by atoms with Crippen LogP contribution in [0.3, 0.4) is 0 Å². The topological polar surface area (TPSA) is 65.1 Å². The molecule has 0 amide bonds. The molecule has 0 bridgehead atoms. The molecule has 4 aromatic carbocycles.